The van der Waals surface area contributed by atoms with Gasteiger partial charge in [-0.3, -0.25) is 14.4 Å². The minimum atomic E-state index is -0.366. The van der Waals surface area contributed by atoms with Crippen molar-refractivity contribution in [2.45, 2.75) is 20.3 Å². The first-order chi connectivity index (χ1) is 12.5. The van der Waals surface area contributed by atoms with Gasteiger partial charge in [0, 0.05) is 37.3 Å². The molecule has 7 nitrogen and oxygen atoms in total. The Hall–Kier alpha value is -3.09. The highest BCUT2D eigenvalue weighted by atomic mass is 16.3. The third kappa shape index (κ3) is 5.20. The lowest BCUT2D eigenvalue weighted by Crippen LogP contribution is -2.30. The zero-order valence-corrected chi connectivity index (χ0v) is 15.0. The number of nitrogens with zero attached hydrogens (tertiary/aromatic N) is 1. The van der Waals surface area contributed by atoms with Crippen molar-refractivity contribution >= 4 is 23.4 Å². The van der Waals surface area contributed by atoms with E-state index in [0.717, 1.165) is 0 Å². The van der Waals surface area contributed by atoms with Gasteiger partial charge in [-0.1, -0.05) is 6.07 Å². The molecule has 0 unspecified atom stereocenters. The number of hydrogen-bond acceptors (Lipinski definition) is 4. The van der Waals surface area contributed by atoms with E-state index < -0.39 is 0 Å². The van der Waals surface area contributed by atoms with Crippen LogP contribution in [0.2, 0.25) is 0 Å². The Kier molecular flexibility index (Phi) is 6.96. The van der Waals surface area contributed by atoms with Crippen molar-refractivity contribution in [1.29, 1.82) is 0 Å². The molecule has 0 saturated carbocycles. The van der Waals surface area contributed by atoms with E-state index in [2.05, 4.69) is 10.6 Å². The fourth-order valence-corrected chi connectivity index (χ4v) is 2.43. The fraction of sp³-hybridized carbons (Fsp3) is 0.316. The molecule has 2 aromatic rings. The van der Waals surface area contributed by atoms with Crippen molar-refractivity contribution in [1.82, 2.24) is 10.2 Å². The van der Waals surface area contributed by atoms with Crippen LogP contribution >= 0.6 is 0 Å². The number of anilines is 1. The number of nitrogens with one attached hydrogen (secondary N) is 2. The summed E-state index contributed by atoms with van der Waals surface area (Å²) < 4.78 is 4.97. The molecule has 138 valence electrons. The lowest BCUT2D eigenvalue weighted by molar-refractivity contribution is -0.116. The highest BCUT2D eigenvalue weighted by molar-refractivity contribution is 5.97. The van der Waals surface area contributed by atoms with E-state index in [0.29, 0.717) is 24.3 Å². The first-order valence-corrected chi connectivity index (χ1v) is 8.56. The highest BCUT2D eigenvalue weighted by Gasteiger charge is 2.13. The van der Waals surface area contributed by atoms with Crippen molar-refractivity contribution < 1.29 is 18.8 Å². The SMILES string of the molecule is CCN(CC)C(=O)c1cccc(NC(=O)CCNC(=O)c2ccco2)c1. The second-order valence-corrected chi connectivity index (χ2v) is 5.59. The van der Waals surface area contributed by atoms with Gasteiger partial charge in [0.05, 0.1) is 6.26 Å². The molecule has 0 aliphatic rings. The van der Waals surface area contributed by atoms with Crippen molar-refractivity contribution in [3.8, 4) is 0 Å². The molecule has 26 heavy (non-hydrogen) atoms. The smallest absolute Gasteiger partial charge is 0.286 e. The van der Waals surface area contributed by atoms with Crippen LogP contribution in [0.5, 0.6) is 0 Å². The third-order valence-corrected chi connectivity index (χ3v) is 3.83. The quantitative estimate of drug-likeness (QED) is 0.759. The first-order valence-electron chi connectivity index (χ1n) is 8.56. The molecule has 0 atom stereocenters. The summed E-state index contributed by atoms with van der Waals surface area (Å²) in [6.07, 6.45) is 1.52. The van der Waals surface area contributed by atoms with Crippen LogP contribution in [0.3, 0.4) is 0 Å². The Morgan fingerprint density at radius 1 is 1.08 bits per heavy atom. The summed E-state index contributed by atoms with van der Waals surface area (Å²) in [5, 5.41) is 5.34. The third-order valence-electron chi connectivity index (χ3n) is 3.83. The molecule has 0 radical (unpaired) electrons. The van der Waals surface area contributed by atoms with Crippen LogP contribution in [0.25, 0.3) is 0 Å². The zero-order chi connectivity index (χ0) is 18.9. The van der Waals surface area contributed by atoms with Crippen molar-refractivity contribution in [2.75, 3.05) is 25.0 Å². The summed E-state index contributed by atoms with van der Waals surface area (Å²) in [6, 6.07) is 9.99. The summed E-state index contributed by atoms with van der Waals surface area (Å²) in [6.45, 7) is 5.28. The van der Waals surface area contributed by atoms with Crippen molar-refractivity contribution in [3.63, 3.8) is 0 Å². The van der Waals surface area contributed by atoms with Gasteiger partial charge >= 0.3 is 0 Å². The van der Waals surface area contributed by atoms with Crippen LogP contribution in [0.4, 0.5) is 5.69 Å². The molecule has 7 heteroatoms. The van der Waals surface area contributed by atoms with E-state index in [1.54, 1.807) is 41.3 Å². The number of carbonyl (C=O) groups excluding carboxylic acids is 3. The summed E-state index contributed by atoms with van der Waals surface area (Å²) in [5.74, 6) is -0.489. The van der Waals surface area contributed by atoms with Gasteiger partial charge in [0.2, 0.25) is 5.91 Å². The molecule has 1 heterocycles. The van der Waals surface area contributed by atoms with Crippen LogP contribution in [0.15, 0.2) is 47.1 Å². The number of furan rings is 1. The fourth-order valence-electron chi connectivity index (χ4n) is 2.43. The Labute approximate surface area is 152 Å². The largest absolute Gasteiger partial charge is 0.459 e. The lowest BCUT2D eigenvalue weighted by atomic mass is 10.1. The summed E-state index contributed by atoms with van der Waals surface area (Å²) >= 11 is 0. The Morgan fingerprint density at radius 3 is 2.50 bits per heavy atom. The minimum Gasteiger partial charge on any atom is -0.459 e. The lowest BCUT2D eigenvalue weighted by Gasteiger charge is -2.19. The van der Waals surface area contributed by atoms with E-state index in [9.17, 15) is 14.4 Å². The Bertz CT molecular complexity index is 752. The van der Waals surface area contributed by atoms with E-state index in [1.807, 2.05) is 13.8 Å². The average Bonchev–Trinajstić information content (AvgIpc) is 3.17. The van der Waals surface area contributed by atoms with Gasteiger partial charge in [0.15, 0.2) is 5.76 Å². The second-order valence-electron chi connectivity index (χ2n) is 5.59. The van der Waals surface area contributed by atoms with Gasteiger partial charge in [0.25, 0.3) is 11.8 Å². The maximum Gasteiger partial charge on any atom is 0.286 e. The molecule has 0 saturated heterocycles. The number of benzene rings is 1. The van der Waals surface area contributed by atoms with Crippen LogP contribution in [0.1, 0.15) is 41.2 Å². The number of rotatable bonds is 8. The van der Waals surface area contributed by atoms with Gasteiger partial charge in [0.1, 0.15) is 0 Å². The predicted octanol–water partition coefficient (Wildman–Crippen LogP) is 2.52. The topological polar surface area (TPSA) is 91.7 Å². The molecular formula is C19H23N3O4. The molecule has 0 fully saturated rings. The zero-order valence-electron chi connectivity index (χ0n) is 15.0. The standard InChI is InChI=1S/C19H23N3O4/c1-3-22(4-2)19(25)14-7-5-8-15(13-14)21-17(23)10-11-20-18(24)16-9-6-12-26-16/h5-9,12-13H,3-4,10-11H2,1-2H3,(H,20,24)(H,21,23). The number of carbonyl (C=O) groups is 3. The maximum atomic E-state index is 12.4. The van der Waals surface area contributed by atoms with Gasteiger partial charge < -0.3 is 20.0 Å². The van der Waals surface area contributed by atoms with Gasteiger partial charge in [-0.25, -0.2) is 0 Å². The normalized spacial score (nSPS) is 10.2. The molecule has 1 aromatic heterocycles. The predicted molar refractivity (Wildman–Crippen MR) is 98.0 cm³/mol. The number of amides is 3. The average molecular weight is 357 g/mol. The molecule has 0 bridgehead atoms. The molecule has 1 aromatic carbocycles. The number of hydrogen-bond donors (Lipinski definition) is 2. The van der Waals surface area contributed by atoms with Crippen LogP contribution in [-0.2, 0) is 4.79 Å². The molecular weight excluding hydrogens is 334 g/mol. The highest BCUT2D eigenvalue weighted by Crippen LogP contribution is 2.13. The van der Waals surface area contributed by atoms with Gasteiger partial charge in [-0.15, -0.1) is 0 Å². The van der Waals surface area contributed by atoms with Crippen molar-refractivity contribution in [3.05, 3.63) is 54.0 Å². The second kappa shape index (κ2) is 9.41. The van der Waals surface area contributed by atoms with E-state index in [1.165, 1.54) is 6.26 Å². The van der Waals surface area contributed by atoms with Crippen LogP contribution in [-0.4, -0.2) is 42.3 Å². The van der Waals surface area contributed by atoms with E-state index in [-0.39, 0.29) is 36.4 Å². The Balaban J connectivity index is 1.86. The van der Waals surface area contributed by atoms with Crippen LogP contribution < -0.4 is 10.6 Å². The van der Waals surface area contributed by atoms with E-state index >= 15 is 0 Å². The Morgan fingerprint density at radius 2 is 1.85 bits per heavy atom. The summed E-state index contributed by atoms with van der Waals surface area (Å²) in [4.78, 5) is 37.8. The minimum absolute atomic E-state index is 0.0724. The molecule has 0 aliphatic carbocycles. The van der Waals surface area contributed by atoms with Gasteiger partial charge in [-0.05, 0) is 44.2 Å². The molecule has 3 amide bonds. The van der Waals surface area contributed by atoms with Gasteiger partial charge in [-0.2, -0.15) is 0 Å². The summed E-state index contributed by atoms with van der Waals surface area (Å²) in [7, 11) is 0. The molecule has 0 spiro atoms. The summed E-state index contributed by atoms with van der Waals surface area (Å²) in [5.41, 5.74) is 1.07. The van der Waals surface area contributed by atoms with E-state index in [4.69, 9.17) is 4.42 Å². The maximum absolute atomic E-state index is 12.4. The van der Waals surface area contributed by atoms with Crippen molar-refractivity contribution in [2.24, 2.45) is 0 Å². The first kappa shape index (κ1) is 19.2. The van der Waals surface area contributed by atoms with Crippen LogP contribution in [0, 0.1) is 0 Å². The molecule has 0 aliphatic heterocycles. The monoisotopic (exact) mass is 357 g/mol. The molecule has 2 rings (SSSR count). The molecule has 2 N–H and O–H groups in total.